The number of hydrogen-bond acceptors (Lipinski definition) is 3. The van der Waals surface area contributed by atoms with Crippen molar-refractivity contribution in [2.24, 2.45) is 0 Å². The van der Waals surface area contributed by atoms with Gasteiger partial charge in [0.15, 0.2) is 0 Å². The zero-order valence-electron chi connectivity index (χ0n) is 8.39. The highest BCUT2D eigenvalue weighted by molar-refractivity contribution is 4.76. The standard InChI is InChI=1S/C10H21N3/c1-2-6-12-10(4-1)13-8-3-5-11-7-9-13/h10-12H,1-9H2. The SMILES string of the molecule is C1CCC(N2CCCNCC2)NC1. The van der Waals surface area contributed by atoms with Gasteiger partial charge in [0, 0.05) is 19.6 Å². The average Bonchev–Trinajstić information content (AvgIpc) is 2.47. The lowest BCUT2D eigenvalue weighted by atomic mass is 10.1. The first-order chi connectivity index (χ1) is 6.47. The fraction of sp³-hybridized carbons (Fsp3) is 1.00. The van der Waals surface area contributed by atoms with E-state index in [-0.39, 0.29) is 0 Å². The van der Waals surface area contributed by atoms with Crippen molar-refractivity contribution in [2.75, 3.05) is 32.7 Å². The lowest BCUT2D eigenvalue weighted by Gasteiger charge is -2.34. The molecule has 0 bridgehead atoms. The molecule has 0 aliphatic carbocycles. The van der Waals surface area contributed by atoms with Crippen molar-refractivity contribution >= 4 is 0 Å². The summed E-state index contributed by atoms with van der Waals surface area (Å²) in [5.74, 6) is 0. The molecule has 2 heterocycles. The van der Waals surface area contributed by atoms with E-state index in [1.165, 1.54) is 51.9 Å². The highest BCUT2D eigenvalue weighted by Crippen LogP contribution is 2.12. The summed E-state index contributed by atoms with van der Waals surface area (Å²) in [5.41, 5.74) is 0. The van der Waals surface area contributed by atoms with Gasteiger partial charge in [0.2, 0.25) is 0 Å². The molecule has 0 amide bonds. The number of rotatable bonds is 1. The number of nitrogens with zero attached hydrogens (tertiary/aromatic N) is 1. The van der Waals surface area contributed by atoms with Crippen LogP contribution in [0, 0.1) is 0 Å². The Hall–Kier alpha value is -0.120. The third-order valence-electron chi connectivity index (χ3n) is 3.10. The molecule has 3 nitrogen and oxygen atoms in total. The van der Waals surface area contributed by atoms with Crippen LogP contribution in [0.5, 0.6) is 0 Å². The van der Waals surface area contributed by atoms with Crippen molar-refractivity contribution in [3.05, 3.63) is 0 Å². The average molecular weight is 183 g/mol. The number of piperidine rings is 1. The molecule has 1 atom stereocenters. The second-order valence-corrected chi connectivity index (χ2v) is 4.11. The normalized spacial score (nSPS) is 32.8. The molecule has 76 valence electrons. The maximum Gasteiger partial charge on any atom is 0.0597 e. The Balaban J connectivity index is 1.82. The van der Waals surface area contributed by atoms with E-state index in [2.05, 4.69) is 15.5 Å². The predicted molar refractivity (Wildman–Crippen MR) is 54.7 cm³/mol. The molecule has 0 aromatic rings. The van der Waals surface area contributed by atoms with E-state index in [0.29, 0.717) is 6.17 Å². The third kappa shape index (κ3) is 2.66. The second-order valence-electron chi connectivity index (χ2n) is 4.11. The van der Waals surface area contributed by atoms with E-state index in [9.17, 15) is 0 Å². The summed E-state index contributed by atoms with van der Waals surface area (Å²) in [5, 5.41) is 7.06. The maximum atomic E-state index is 3.61. The van der Waals surface area contributed by atoms with Crippen molar-refractivity contribution in [1.82, 2.24) is 15.5 Å². The van der Waals surface area contributed by atoms with Gasteiger partial charge in [-0.25, -0.2) is 0 Å². The van der Waals surface area contributed by atoms with Crippen molar-refractivity contribution in [2.45, 2.75) is 31.8 Å². The molecule has 13 heavy (non-hydrogen) atoms. The summed E-state index contributed by atoms with van der Waals surface area (Å²) in [6.45, 7) is 6.07. The van der Waals surface area contributed by atoms with Gasteiger partial charge in [-0.1, -0.05) is 0 Å². The zero-order valence-corrected chi connectivity index (χ0v) is 8.39. The molecule has 2 N–H and O–H groups in total. The Morgan fingerprint density at radius 2 is 1.92 bits per heavy atom. The van der Waals surface area contributed by atoms with E-state index in [0.717, 1.165) is 6.54 Å². The highest BCUT2D eigenvalue weighted by Gasteiger charge is 2.20. The largest absolute Gasteiger partial charge is 0.315 e. The summed E-state index contributed by atoms with van der Waals surface area (Å²) in [6.07, 6.45) is 6.09. The quantitative estimate of drug-likeness (QED) is 0.615. The minimum atomic E-state index is 0.675. The van der Waals surface area contributed by atoms with Crippen LogP contribution in [-0.2, 0) is 0 Å². The first kappa shape index (κ1) is 9.44. The van der Waals surface area contributed by atoms with Gasteiger partial charge in [-0.15, -0.1) is 0 Å². The Bertz CT molecular complexity index is 135. The van der Waals surface area contributed by atoms with Crippen LogP contribution < -0.4 is 10.6 Å². The van der Waals surface area contributed by atoms with E-state index in [1.807, 2.05) is 0 Å². The molecule has 2 fully saturated rings. The van der Waals surface area contributed by atoms with Gasteiger partial charge in [-0.05, 0) is 38.8 Å². The molecule has 0 aromatic heterocycles. The minimum absolute atomic E-state index is 0.675. The summed E-state index contributed by atoms with van der Waals surface area (Å²) < 4.78 is 0. The van der Waals surface area contributed by atoms with Crippen LogP contribution in [0.2, 0.25) is 0 Å². The van der Waals surface area contributed by atoms with Gasteiger partial charge in [-0.2, -0.15) is 0 Å². The summed E-state index contributed by atoms with van der Waals surface area (Å²) in [4.78, 5) is 2.61. The molecule has 0 saturated carbocycles. The van der Waals surface area contributed by atoms with E-state index >= 15 is 0 Å². The van der Waals surface area contributed by atoms with Crippen molar-refractivity contribution < 1.29 is 0 Å². The van der Waals surface area contributed by atoms with Gasteiger partial charge in [0.1, 0.15) is 0 Å². The Morgan fingerprint density at radius 1 is 0.923 bits per heavy atom. The topological polar surface area (TPSA) is 27.3 Å². The molecule has 2 rings (SSSR count). The fourth-order valence-electron chi connectivity index (χ4n) is 2.32. The summed E-state index contributed by atoms with van der Waals surface area (Å²) >= 11 is 0. The molecule has 3 heteroatoms. The molecular formula is C10H21N3. The summed E-state index contributed by atoms with van der Waals surface area (Å²) in [7, 11) is 0. The summed E-state index contributed by atoms with van der Waals surface area (Å²) in [6, 6.07) is 0. The van der Waals surface area contributed by atoms with Gasteiger partial charge >= 0.3 is 0 Å². The van der Waals surface area contributed by atoms with Crippen molar-refractivity contribution in [3.8, 4) is 0 Å². The third-order valence-corrected chi connectivity index (χ3v) is 3.10. The first-order valence-corrected chi connectivity index (χ1v) is 5.65. The van der Waals surface area contributed by atoms with Crippen LogP contribution >= 0.6 is 0 Å². The van der Waals surface area contributed by atoms with Gasteiger partial charge in [0.25, 0.3) is 0 Å². The molecular weight excluding hydrogens is 162 g/mol. The molecule has 0 aromatic carbocycles. The lowest BCUT2D eigenvalue weighted by Crippen LogP contribution is -2.49. The first-order valence-electron chi connectivity index (χ1n) is 5.65. The van der Waals surface area contributed by atoms with Crippen LogP contribution in [0.4, 0.5) is 0 Å². The molecule has 2 aliphatic heterocycles. The molecule has 2 aliphatic rings. The van der Waals surface area contributed by atoms with Crippen molar-refractivity contribution in [1.29, 1.82) is 0 Å². The van der Waals surface area contributed by atoms with Gasteiger partial charge in [0.05, 0.1) is 6.17 Å². The van der Waals surface area contributed by atoms with Crippen LogP contribution in [0.1, 0.15) is 25.7 Å². The molecule has 0 radical (unpaired) electrons. The number of hydrogen-bond donors (Lipinski definition) is 2. The van der Waals surface area contributed by atoms with Crippen LogP contribution in [0.25, 0.3) is 0 Å². The zero-order chi connectivity index (χ0) is 8.93. The van der Waals surface area contributed by atoms with E-state index in [4.69, 9.17) is 0 Å². The lowest BCUT2D eigenvalue weighted by molar-refractivity contribution is 0.146. The second kappa shape index (κ2) is 4.94. The van der Waals surface area contributed by atoms with Gasteiger partial charge < -0.3 is 10.6 Å². The molecule has 2 saturated heterocycles. The maximum absolute atomic E-state index is 3.61. The Labute approximate surface area is 80.9 Å². The predicted octanol–water partition coefficient (Wildman–Crippen LogP) is 0.381. The smallest absolute Gasteiger partial charge is 0.0597 e. The van der Waals surface area contributed by atoms with Crippen LogP contribution in [-0.4, -0.2) is 43.8 Å². The highest BCUT2D eigenvalue weighted by atomic mass is 15.3. The Kier molecular flexibility index (Phi) is 3.58. The van der Waals surface area contributed by atoms with E-state index in [1.54, 1.807) is 0 Å². The van der Waals surface area contributed by atoms with Crippen LogP contribution in [0.3, 0.4) is 0 Å². The molecule has 0 spiro atoms. The Morgan fingerprint density at radius 3 is 2.77 bits per heavy atom. The fourth-order valence-corrected chi connectivity index (χ4v) is 2.32. The molecule has 1 unspecified atom stereocenters. The number of nitrogens with one attached hydrogen (secondary N) is 2. The monoisotopic (exact) mass is 183 g/mol. The van der Waals surface area contributed by atoms with Crippen molar-refractivity contribution in [3.63, 3.8) is 0 Å². The van der Waals surface area contributed by atoms with Gasteiger partial charge in [-0.3, -0.25) is 4.90 Å². The minimum Gasteiger partial charge on any atom is -0.315 e. The van der Waals surface area contributed by atoms with E-state index < -0.39 is 0 Å². The van der Waals surface area contributed by atoms with Crippen LogP contribution in [0.15, 0.2) is 0 Å².